The Labute approximate surface area is 243 Å². The van der Waals surface area contributed by atoms with Gasteiger partial charge >= 0.3 is 0 Å². The maximum absolute atomic E-state index is 11.3. The van der Waals surface area contributed by atoms with Crippen LogP contribution in [-0.4, -0.2) is 167 Å². The number of likely N-dealkylation sites (N-methyl/N-ethyl adjacent to an activating group) is 1. The molecule has 17 atom stereocenters. The van der Waals surface area contributed by atoms with Gasteiger partial charge in [-0.15, -0.1) is 0 Å². The van der Waals surface area contributed by atoms with Crippen LogP contribution in [0.2, 0.25) is 0 Å². The molecule has 42 heavy (non-hydrogen) atoms. The van der Waals surface area contributed by atoms with Crippen molar-refractivity contribution in [3.63, 3.8) is 0 Å². The Balaban J connectivity index is 1.42. The summed E-state index contributed by atoms with van der Waals surface area (Å²) in [5.41, 5.74) is 29.7. The molecule has 18 nitrogen and oxygen atoms in total. The van der Waals surface area contributed by atoms with Crippen LogP contribution in [0.1, 0.15) is 12.8 Å². The molecule has 0 amide bonds. The Morgan fingerprint density at radius 2 is 1.43 bits per heavy atom. The van der Waals surface area contributed by atoms with Crippen LogP contribution in [0.4, 0.5) is 0 Å². The fourth-order valence-electron chi connectivity index (χ4n) is 6.14. The number of hydrogen-bond acceptors (Lipinski definition) is 18. The van der Waals surface area contributed by atoms with E-state index in [1.165, 1.54) is 0 Å². The number of hydrogen-bond donors (Lipinski definition) is 13. The standard InChI is InChI=1S/C24H49N7O11/c1-30-14-17(35)21-11(3-10(29)22(41-21)40-20-9(28)2-8(27)15(33)18(20)36)38-23(14)42-24-19(37)16(34)13(12(6-32)39-24)31-7(4-25)5-26/h7-24,30-37H,2-6,25-29H2,1H3/t8-,9?,10?,11+,12?,13-,14?,15?,16+,17?,18-,19?,20-,21?,22+,23?,24-/m1/s1. The van der Waals surface area contributed by atoms with Crippen LogP contribution in [0, 0.1) is 0 Å². The largest absolute Gasteiger partial charge is 0.394 e. The van der Waals surface area contributed by atoms with E-state index in [4.69, 9.17) is 52.4 Å². The van der Waals surface area contributed by atoms with E-state index in [0.29, 0.717) is 0 Å². The van der Waals surface area contributed by atoms with Crippen molar-refractivity contribution >= 4 is 0 Å². The Morgan fingerprint density at radius 1 is 0.738 bits per heavy atom. The minimum Gasteiger partial charge on any atom is -0.394 e. The molecular formula is C24H49N7O11. The van der Waals surface area contributed by atoms with E-state index in [1.807, 2.05) is 0 Å². The SMILES string of the molecule is CNC1C(O[C@H]2OC(CO)[C@@H](NC(CN)CN)[C@H](O)C2O)O[C@H]2CC(N)[C@@H](O[C@@H]3C(N)C[C@@H](N)C(O)[C@H]3O)OC2C1O. The molecule has 1 aliphatic carbocycles. The molecular weight excluding hydrogens is 562 g/mol. The lowest BCUT2D eigenvalue weighted by molar-refractivity contribution is -0.373. The Hall–Kier alpha value is -0.720. The third kappa shape index (κ3) is 6.91. The molecule has 4 aliphatic rings. The van der Waals surface area contributed by atoms with Crippen LogP contribution in [0.3, 0.4) is 0 Å². The molecule has 1 saturated carbocycles. The molecule has 9 unspecified atom stereocenters. The maximum Gasteiger partial charge on any atom is 0.189 e. The average Bonchev–Trinajstić information content (AvgIpc) is 2.96. The zero-order valence-corrected chi connectivity index (χ0v) is 23.5. The van der Waals surface area contributed by atoms with Gasteiger partial charge in [-0.3, -0.25) is 0 Å². The van der Waals surface area contributed by atoms with Gasteiger partial charge < -0.3 is 93.6 Å². The summed E-state index contributed by atoms with van der Waals surface area (Å²) in [6.07, 6.45) is -13.9. The van der Waals surface area contributed by atoms with Crippen molar-refractivity contribution < 1.29 is 54.3 Å². The third-order valence-electron chi connectivity index (χ3n) is 8.69. The Morgan fingerprint density at radius 3 is 2.05 bits per heavy atom. The van der Waals surface area contributed by atoms with Gasteiger partial charge in [0.15, 0.2) is 18.9 Å². The molecule has 3 heterocycles. The van der Waals surface area contributed by atoms with Crippen LogP contribution in [0.15, 0.2) is 0 Å². The maximum atomic E-state index is 11.3. The molecule has 18 heteroatoms. The van der Waals surface area contributed by atoms with E-state index in [1.54, 1.807) is 7.05 Å². The quantitative estimate of drug-likeness (QED) is 0.109. The molecule has 3 saturated heterocycles. The van der Waals surface area contributed by atoms with Crippen LogP contribution >= 0.6 is 0 Å². The molecule has 0 aromatic carbocycles. The van der Waals surface area contributed by atoms with Gasteiger partial charge in [-0.2, -0.15) is 0 Å². The Kier molecular flexibility index (Phi) is 11.9. The predicted molar refractivity (Wildman–Crippen MR) is 144 cm³/mol. The number of ether oxygens (including phenoxy) is 5. The van der Waals surface area contributed by atoms with Gasteiger partial charge in [-0.05, 0) is 19.9 Å². The fourth-order valence-corrected chi connectivity index (χ4v) is 6.14. The summed E-state index contributed by atoms with van der Waals surface area (Å²) in [5.74, 6) is 0. The molecule has 0 aromatic heterocycles. The number of rotatable bonds is 10. The highest BCUT2D eigenvalue weighted by Crippen LogP contribution is 2.35. The van der Waals surface area contributed by atoms with E-state index in [2.05, 4.69) is 10.6 Å². The minimum atomic E-state index is -1.56. The second kappa shape index (κ2) is 14.6. The Bertz CT molecular complexity index is 849. The first-order chi connectivity index (χ1) is 19.9. The van der Waals surface area contributed by atoms with Gasteiger partial charge in [0.1, 0.15) is 42.7 Å². The third-order valence-corrected chi connectivity index (χ3v) is 8.69. The van der Waals surface area contributed by atoms with Crippen LogP contribution in [0.25, 0.3) is 0 Å². The van der Waals surface area contributed by atoms with Crippen molar-refractivity contribution in [1.82, 2.24) is 10.6 Å². The summed E-state index contributed by atoms with van der Waals surface area (Å²) in [6, 6.07) is -4.36. The lowest BCUT2D eigenvalue weighted by atomic mass is 9.84. The highest BCUT2D eigenvalue weighted by Gasteiger charge is 2.54. The lowest BCUT2D eigenvalue weighted by Gasteiger charge is -2.51. The first-order valence-electron chi connectivity index (χ1n) is 14.3. The zero-order valence-electron chi connectivity index (χ0n) is 23.5. The van der Waals surface area contributed by atoms with Crippen molar-refractivity contribution in [3.05, 3.63) is 0 Å². The first kappa shape index (κ1) is 34.2. The molecule has 4 rings (SSSR count). The van der Waals surface area contributed by atoms with Gasteiger partial charge in [0, 0.05) is 31.2 Å². The number of nitrogens with one attached hydrogen (secondary N) is 2. The molecule has 4 fully saturated rings. The molecule has 0 bridgehead atoms. The van der Waals surface area contributed by atoms with Crippen molar-refractivity contribution in [2.75, 3.05) is 26.7 Å². The first-order valence-corrected chi connectivity index (χ1v) is 14.3. The van der Waals surface area contributed by atoms with Crippen LogP contribution < -0.4 is 39.3 Å². The number of fused-ring (bicyclic) bond motifs is 1. The summed E-state index contributed by atoms with van der Waals surface area (Å²) in [6.45, 7) is -0.188. The van der Waals surface area contributed by atoms with E-state index >= 15 is 0 Å². The van der Waals surface area contributed by atoms with Crippen molar-refractivity contribution in [1.29, 1.82) is 0 Å². The fraction of sp³-hybridized carbons (Fsp3) is 1.00. The van der Waals surface area contributed by atoms with E-state index in [0.717, 1.165) is 0 Å². The monoisotopic (exact) mass is 611 g/mol. The normalized spacial score (nSPS) is 50.1. The van der Waals surface area contributed by atoms with E-state index in [-0.39, 0.29) is 25.9 Å². The predicted octanol–water partition coefficient (Wildman–Crippen LogP) is -8.03. The van der Waals surface area contributed by atoms with Crippen molar-refractivity contribution in [3.8, 4) is 0 Å². The second-order valence-electron chi connectivity index (χ2n) is 11.6. The molecule has 0 radical (unpaired) electrons. The van der Waals surface area contributed by atoms with Crippen LogP contribution in [-0.2, 0) is 23.7 Å². The van der Waals surface area contributed by atoms with Gasteiger partial charge in [-0.1, -0.05) is 0 Å². The second-order valence-corrected chi connectivity index (χ2v) is 11.6. The minimum absolute atomic E-state index is 0.143. The number of aliphatic hydroxyl groups excluding tert-OH is 6. The molecule has 3 aliphatic heterocycles. The van der Waals surface area contributed by atoms with Gasteiger partial charge in [0.2, 0.25) is 0 Å². The lowest BCUT2D eigenvalue weighted by Crippen LogP contribution is -2.70. The van der Waals surface area contributed by atoms with Gasteiger partial charge in [-0.25, -0.2) is 0 Å². The smallest absolute Gasteiger partial charge is 0.189 e. The number of nitrogens with two attached hydrogens (primary N) is 5. The van der Waals surface area contributed by atoms with Crippen molar-refractivity contribution in [2.24, 2.45) is 28.7 Å². The number of aliphatic hydroxyl groups is 6. The van der Waals surface area contributed by atoms with Crippen LogP contribution in [0.5, 0.6) is 0 Å². The summed E-state index contributed by atoms with van der Waals surface area (Å²) in [4.78, 5) is 0. The summed E-state index contributed by atoms with van der Waals surface area (Å²) < 4.78 is 29.8. The van der Waals surface area contributed by atoms with E-state index < -0.39 is 117 Å². The molecule has 246 valence electrons. The molecule has 0 aromatic rings. The summed E-state index contributed by atoms with van der Waals surface area (Å²) >= 11 is 0. The van der Waals surface area contributed by atoms with Gasteiger partial charge in [0.25, 0.3) is 0 Å². The van der Waals surface area contributed by atoms with Gasteiger partial charge in [0.05, 0.1) is 36.9 Å². The summed E-state index contributed by atoms with van der Waals surface area (Å²) in [5, 5.41) is 69.5. The average molecular weight is 612 g/mol. The molecule has 18 N–H and O–H groups in total. The zero-order chi connectivity index (χ0) is 30.9. The molecule has 0 spiro atoms. The van der Waals surface area contributed by atoms with Crippen molar-refractivity contribution in [2.45, 2.75) is 123 Å². The highest BCUT2D eigenvalue weighted by atomic mass is 16.8. The highest BCUT2D eigenvalue weighted by molar-refractivity contribution is 5.02. The van der Waals surface area contributed by atoms with E-state index in [9.17, 15) is 30.6 Å². The topological polar surface area (TPSA) is 322 Å². The summed E-state index contributed by atoms with van der Waals surface area (Å²) in [7, 11) is 1.56.